The zero-order valence-corrected chi connectivity index (χ0v) is 24.7. The Kier molecular flexibility index (Phi) is 5.87. The molecule has 0 heteroatoms. The van der Waals surface area contributed by atoms with Gasteiger partial charge in [0.2, 0.25) is 0 Å². The molecule has 0 aliphatic heterocycles. The van der Waals surface area contributed by atoms with Gasteiger partial charge in [0, 0.05) is 0 Å². The lowest BCUT2D eigenvalue weighted by molar-refractivity contribution is 0.892. The molecule has 0 nitrogen and oxygen atoms in total. The second kappa shape index (κ2) is 10.2. The summed E-state index contributed by atoms with van der Waals surface area (Å²) in [5, 5.41) is 5.19. The van der Waals surface area contributed by atoms with Crippen LogP contribution in [0.25, 0.3) is 66.6 Å². The minimum absolute atomic E-state index is 1.09. The highest BCUT2D eigenvalue weighted by molar-refractivity contribution is 5.97. The van der Waals surface area contributed by atoms with Crippen molar-refractivity contribution in [1.82, 2.24) is 0 Å². The van der Waals surface area contributed by atoms with Crippen molar-refractivity contribution in [2.24, 2.45) is 0 Å². The van der Waals surface area contributed by atoms with E-state index in [2.05, 4.69) is 146 Å². The number of benzene rings is 7. The first-order valence-electron chi connectivity index (χ1n) is 15.8. The summed E-state index contributed by atoms with van der Waals surface area (Å²) < 4.78 is 0. The molecule has 2 aliphatic rings. The van der Waals surface area contributed by atoms with Crippen LogP contribution in [0.2, 0.25) is 0 Å². The van der Waals surface area contributed by atoms with Gasteiger partial charge in [-0.3, -0.25) is 0 Å². The highest BCUT2D eigenvalue weighted by atomic mass is 14.3. The van der Waals surface area contributed by atoms with Crippen LogP contribution < -0.4 is 0 Å². The van der Waals surface area contributed by atoms with E-state index < -0.39 is 0 Å². The highest BCUT2D eigenvalue weighted by Gasteiger charge is 2.23. The molecule has 0 radical (unpaired) electrons. The van der Waals surface area contributed by atoms with Crippen LogP contribution in [0.5, 0.6) is 0 Å². The third kappa shape index (κ3) is 4.21. The fourth-order valence-corrected chi connectivity index (χ4v) is 7.64. The SMILES string of the molecule is C1=C(c2ccc(-c3cccc4ccccc34)cc2)CCc2c1ccc1c2CCc2cc(-c3ccc4ccccc4c3)ccc2-1. The molecule has 0 unspecified atom stereocenters. The van der Waals surface area contributed by atoms with Gasteiger partial charge in [0.25, 0.3) is 0 Å². The highest BCUT2D eigenvalue weighted by Crippen LogP contribution is 2.42. The Morgan fingerprint density at radius 1 is 0.364 bits per heavy atom. The van der Waals surface area contributed by atoms with Gasteiger partial charge in [-0.05, 0) is 120 Å². The number of hydrogen-bond donors (Lipinski definition) is 0. The van der Waals surface area contributed by atoms with Crippen molar-refractivity contribution in [3.05, 3.63) is 167 Å². The summed E-state index contributed by atoms with van der Waals surface area (Å²) in [5.41, 5.74) is 16.8. The Balaban J connectivity index is 1.02. The molecule has 0 saturated heterocycles. The molecule has 0 aromatic heterocycles. The van der Waals surface area contributed by atoms with E-state index in [0.29, 0.717) is 0 Å². The smallest absolute Gasteiger partial charge is 0.0105 e. The maximum Gasteiger partial charge on any atom is -0.0105 e. The zero-order valence-electron chi connectivity index (χ0n) is 24.7. The van der Waals surface area contributed by atoms with E-state index >= 15 is 0 Å². The van der Waals surface area contributed by atoms with Crippen molar-refractivity contribution < 1.29 is 0 Å². The van der Waals surface area contributed by atoms with Crippen LogP contribution >= 0.6 is 0 Å². The lowest BCUT2D eigenvalue weighted by Crippen LogP contribution is -2.11. The van der Waals surface area contributed by atoms with Crippen LogP contribution in [0.3, 0.4) is 0 Å². The summed E-state index contributed by atoms with van der Waals surface area (Å²) in [6.45, 7) is 0. The van der Waals surface area contributed by atoms with Gasteiger partial charge in [-0.25, -0.2) is 0 Å². The molecular formula is C44H32. The number of rotatable bonds is 3. The van der Waals surface area contributed by atoms with Crippen molar-refractivity contribution in [3.8, 4) is 33.4 Å². The Morgan fingerprint density at radius 2 is 1.05 bits per heavy atom. The second-order valence-electron chi connectivity index (χ2n) is 12.4. The van der Waals surface area contributed by atoms with Crippen LogP contribution in [0.4, 0.5) is 0 Å². The number of hydrogen-bond acceptors (Lipinski definition) is 0. The van der Waals surface area contributed by atoms with Crippen molar-refractivity contribution in [3.63, 3.8) is 0 Å². The van der Waals surface area contributed by atoms with Gasteiger partial charge >= 0.3 is 0 Å². The molecule has 9 rings (SSSR count). The number of fused-ring (bicyclic) bond motifs is 7. The first kappa shape index (κ1) is 25.3. The standard InChI is InChI=1S/C44H32/c1-2-8-33-26-35(17-14-29(33)6-1)36-19-23-42-38(28-36)21-25-43-41-22-18-34(27-37(41)20-24-44(42)43)30-12-15-32(16-13-30)40-11-5-9-31-7-3-4-10-39(31)40/h1-17,19-20,23-24,26-28H,18,21-22,25H2. The number of aryl methyl sites for hydroxylation is 1. The summed E-state index contributed by atoms with van der Waals surface area (Å²) in [4.78, 5) is 0. The largest absolute Gasteiger partial charge is 0.0616 e. The van der Waals surface area contributed by atoms with Gasteiger partial charge < -0.3 is 0 Å². The van der Waals surface area contributed by atoms with E-state index in [1.165, 1.54) is 77.2 Å². The molecule has 208 valence electrons. The Bertz CT molecular complexity index is 2260. The van der Waals surface area contributed by atoms with Crippen molar-refractivity contribution in [1.29, 1.82) is 0 Å². The molecular weight excluding hydrogens is 528 g/mol. The molecule has 44 heavy (non-hydrogen) atoms. The van der Waals surface area contributed by atoms with Crippen LogP contribution in [0, 0.1) is 0 Å². The van der Waals surface area contributed by atoms with E-state index in [-0.39, 0.29) is 0 Å². The average molecular weight is 561 g/mol. The van der Waals surface area contributed by atoms with E-state index in [1.54, 1.807) is 11.1 Å². The van der Waals surface area contributed by atoms with Gasteiger partial charge in [-0.2, -0.15) is 0 Å². The molecule has 0 spiro atoms. The lowest BCUT2D eigenvalue weighted by atomic mass is 9.77. The Labute approximate surface area is 259 Å². The van der Waals surface area contributed by atoms with Crippen molar-refractivity contribution in [2.45, 2.75) is 25.7 Å². The maximum absolute atomic E-state index is 2.45. The first-order chi connectivity index (χ1) is 21.8. The molecule has 0 bridgehead atoms. The zero-order chi connectivity index (χ0) is 29.0. The predicted molar refractivity (Wildman–Crippen MR) is 188 cm³/mol. The topological polar surface area (TPSA) is 0 Å². The fourth-order valence-electron chi connectivity index (χ4n) is 7.64. The molecule has 0 amide bonds. The average Bonchev–Trinajstić information content (AvgIpc) is 3.10. The van der Waals surface area contributed by atoms with Crippen molar-refractivity contribution in [2.75, 3.05) is 0 Å². The summed E-state index contributed by atoms with van der Waals surface area (Å²) in [7, 11) is 0. The summed E-state index contributed by atoms with van der Waals surface area (Å²) in [6, 6.07) is 51.8. The van der Waals surface area contributed by atoms with Gasteiger partial charge in [-0.1, -0.05) is 140 Å². The predicted octanol–water partition coefficient (Wildman–Crippen LogP) is 11.6. The van der Waals surface area contributed by atoms with Crippen LogP contribution in [0.1, 0.15) is 34.2 Å². The summed E-state index contributed by atoms with van der Waals surface area (Å²) >= 11 is 0. The lowest BCUT2D eigenvalue weighted by Gasteiger charge is -2.27. The van der Waals surface area contributed by atoms with Crippen LogP contribution in [0.15, 0.2) is 140 Å². The molecule has 7 aromatic carbocycles. The quantitative estimate of drug-likeness (QED) is 0.202. The van der Waals surface area contributed by atoms with Crippen LogP contribution in [-0.4, -0.2) is 0 Å². The summed E-state index contributed by atoms with van der Waals surface area (Å²) in [6.07, 6.45) is 6.87. The normalized spacial score (nSPS) is 13.7. The second-order valence-corrected chi connectivity index (χ2v) is 12.4. The van der Waals surface area contributed by atoms with E-state index in [1.807, 2.05) is 0 Å². The molecule has 7 aromatic rings. The van der Waals surface area contributed by atoms with E-state index in [0.717, 1.165) is 25.7 Å². The maximum atomic E-state index is 2.45. The molecule has 0 heterocycles. The Morgan fingerprint density at radius 3 is 1.95 bits per heavy atom. The molecule has 0 saturated carbocycles. The van der Waals surface area contributed by atoms with E-state index in [9.17, 15) is 0 Å². The number of allylic oxidation sites excluding steroid dienone is 1. The third-order valence-corrected chi connectivity index (χ3v) is 9.92. The molecule has 2 aliphatic carbocycles. The van der Waals surface area contributed by atoms with Crippen LogP contribution in [-0.2, 0) is 19.3 Å². The van der Waals surface area contributed by atoms with Gasteiger partial charge in [0.15, 0.2) is 0 Å². The first-order valence-corrected chi connectivity index (χ1v) is 15.8. The Hall–Kier alpha value is -5.20. The summed E-state index contributed by atoms with van der Waals surface area (Å²) in [5.74, 6) is 0. The van der Waals surface area contributed by atoms with Gasteiger partial charge in [-0.15, -0.1) is 0 Å². The van der Waals surface area contributed by atoms with E-state index in [4.69, 9.17) is 0 Å². The molecule has 0 N–H and O–H groups in total. The molecule has 0 atom stereocenters. The third-order valence-electron chi connectivity index (χ3n) is 9.92. The fraction of sp³-hybridized carbons (Fsp3) is 0.0909. The van der Waals surface area contributed by atoms with Crippen molar-refractivity contribution >= 4 is 33.2 Å². The molecule has 0 fully saturated rings. The minimum Gasteiger partial charge on any atom is -0.0616 e. The van der Waals surface area contributed by atoms with Gasteiger partial charge in [0.05, 0.1) is 0 Å². The minimum atomic E-state index is 1.09. The van der Waals surface area contributed by atoms with Gasteiger partial charge in [0.1, 0.15) is 0 Å². The monoisotopic (exact) mass is 560 g/mol.